The molecule has 2 aromatic carbocycles. The summed E-state index contributed by atoms with van der Waals surface area (Å²) in [6.07, 6.45) is 0.144. The number of nitrogens with zero attached hydrogens (tertiary/aromatic N) is 2. The van der Waals surface area contributed by atoms with Gasteiger partial charge in [0, 0.05) is 48.4 Å². The Kier molecular flexibility index (Phi) is 8.48. The minimum Gasteiger partial charge on any atom is -0.495 e. The van der Waals surface area contributed by atoms with Crippen molar-refractivity contribution in [1.82, 2.24) is 15.2 Å². The molecule has 0 saturated carbocycles. The topological polar surface area (TPSA) is 104 Å². The standard InChI is InChI=1S/C29H25Cl3F2N4O5S/c1-42-20-8-15-13-37(12-14(15)7-19(20)38-5-2-6-43-28(38)41)27(40)23-21(9-22(29(32,33)34)36-26(23)39)44-25-18(30)4-3-17(24(25)31)16-10-35-11-16/h3-4,7-9,16,35H,2,5-6,10-13H2,1H3,(H,36,39). The van der Waals surface area contributed by atoms with E-state index in [1.165, 1.54) is 16.9 Å². The number of fused-ring (bicyclic) bond motifs is 1. The Balaban J connectivity index is 1.37. The molecule has 0 aliphatic carbocycles. The van der Waals surface area contributed by atoms with Gasteiger partial charge in [-0.2, -0.15) is 8.78 Å². The minimum absolute atomic E-state index is 0.0768. The molecule has 2 amide bonds. The van der Waals surface area contributed by atoms with Gasteiger partial charge in [0.25, 0.3) is 11.5 Å². The lowest BCUT2D eigenvalue weighted by molar-refractivity contribution is 0.0740. The van der Waals surface area contributed by atoms with E-state index >= 15 is 0 Å². The Bertz CT molecular complexity index is 1730. The second-order valence-electron chi connectivity index (χ2n) is 10.6. The number of halogens is 5. The Morgan fingerprint density at radius 1 is 1.14 bits per heavy atom. The summed E-state index contributed by atoms with van der Waals surface area (Å²) in [5.41, 5.74) is 0.521. The van der Waals surface area contributed by atoms with Crippen molar-refractivity contribution >= 4 is 64.3 Å². The second-order valence-corrected chi connectivity index (χ2v) is 12.9. The van der Waals surface area contributed by atoms with E-state index in [9.17, 15) is 23.2 Å². The zero-order valence-electron chi connectivity index (χ0n) is 23.1. The van der Waals surface area contributed by atoms with Gasteiger partial charge in [0.1, 0.15) is 17.0 Å². The summed E-state index contributed by atoms with van der Waals surface area (Å²) < 4.78 is 39.2. The highest BCUT2D eigenvalue weighted by atomic mass is 35.5. The van der Waals surface area contributed by atoms with Gasteiger partial charge in [-0.3, -0.25) is 14.5 Å². The van der Waals surface area contributed by atoms with Crippen LogP contribution in [0.3, 0.4) is 0 Å². The van der Waals surface area contributed by atoms with Gasteiger partial charge in [0.05, 0.1) is 29.4 Å². The lowest BCUT2D eigenvalue weighted by Crippen LogP contribution is -2.40. The fourth-order valence-electron chi connectivity index (χ4n) is 5.41. The van der Waals surface area contributed by atoms with E-state index in [1.54, 1.807) is 24.3 Å². The van der Waals surface area contributed by atoms with E-state index in [2.05, 4.69) is 10.3 Å². The number of amides is 2. The first kappa shape index (κ1) is 31.0. The molecule has 2 N–H and O–H groups in total. The molecular formula is C29H25Cl3F2N4O5S. The van der Waals surface area contributed by atoms with Crippen LogP contribution in [-0.4, -0.2) is 55.2 Å². The maximum Gasteiger partial charge on any atom is 0.414 e. The normalized spacial score (nSPS) is 16.9. The lowest BCUT2D eigenvalue weighted by Gasteiger charge is -2.29. The van der Waals surface area contributed by atoms with Gasteiger partial charge in [-0.15, -0.1) is 0 Å². The van der Waals surface area contributed by atoms with Crippen LogP contribution in [0.4, 0.5) is 19.3 Å². The first-order valence-electron chi connectivity index (χ1n) is 13.6. The number of hydrogen-bond acceptors (Lipinski definition) is 7. The van der Waals surface area contributed by atoms with Crippen LogP contribution in [0.25, 0.3) is 0 Å². The number of methoxy groups -OCH3 is 1. The molecule has 1 aromatic heterocycles. The fourth-order valence-corrected chi connectivity index (χ4v) is 7.32. The van der Waals surface area contributed by atoms with Crippen molar-refractivity contribution in [2.45, 2.75) is 40.6 Å². The third-order valence-corrected chi connectivity index (χ3v) is 10.1. The number of aromatic amines is 1. The Labute approximate surface area is 269 Å². The number of pyridine rings is 1. The highest BCUT2D eigenvalue weighted by Gasteiger charge is 2.36. The SMILES string of the molecule is COc1cc2c(cc1N1CCCOC1=O)CN(C(=O)c1c(Sc3c(Cl)ccc(C4CNC4)c3Cl)cc(C(F)(F)Cl)[nH]c1=O)C2. The fraction of sp³-hybridized carbons (Fsp3) is 0.345. The third-order valence-electron chi connectivity index (χ3n) is 7.80. The summed E-state index contributed by atoms with van der Waals surface area (Å²) >= 11 is 19.4. The molecule has 15 heteroatoms. The van der Waals surface area contributed by atoms with Crippen LogP contribution < -0.4 is 20.5 Å². The summed E-state index contributed by atoms with van der Waals surface area (Å²) in [6.45, 7) is 2.39. The van der Waals surface area contributed by atoms with Gasteiger partial charge in [-0.1, -0.05) is 41.0 Å². The van der Waals surface area contributed by atoms with Crippen LogP contribution in [0.5, 0.6) is 5.75 Å². The number of carbonyl (C=O) groups is 2. The lowest BCUT2D eigenvalue weighted by atomic mass is 9.94. The number of rotatable bonds is 7. The molecule has 0 atom stereocenters. The van der Waals surface area contributed by atoms with E-state index < -0.39 is 28.6 Å². The summed E-state index contributed by atoms with van der Waals surface area (Å²) in [6, 6.07) is 7.91. The number of aromatic nitrogens is 1. The first-order chi connectivity index (χ1) is 21.0. The highest BCUT2D eigenvalue weighted by Crippen LogP contribution is 2.45. The molecule has 3 aliphatic rings. The number of ether oxygens (including phenoxy) is 2. The maximum atomic E-state index is 14.2. The average Bonchev–Trinajstić information content (AvgIpc) is 3.37. The predicted molar refractivity (Wildman–Crippen MR) is 163 cm³/mol. The smallest absolute Gasteiger partial charge is 0.414 e. The number of anilines is 1. The summed E-state index contributed by atoms with van der Waals surface area (Å²) in [5.74, 6) is -0.136. The summed E-state index contributed by atoms with van der Waals surface area (Å²) in [4.78, 5) is 44.9. The van der Waals surface area contributed by atoms with Crippen molar-refractivity contribution in [3.8, 4) is 5.75 Å². The molecule has 3 aliphatic heterocycles. The Morgan fingerprint density at radius 2 is 1.86 bits per heavy atom. The molecule has 2 fully saturated rings. The largest absolute Gasteiger partial charge is 0.495 e. The second kappa shape index (κ2) is 12.1. The van der Waals surface area contributed by atoms with E-state index in [0.29, 0.717) is 54.0 Å². The molecular weight excluding hydrogens is 661 g/mol. The van der Waals surface area contributed by atoms with Crippen molar-refractivity contribution in [3.05, 3.63) is 78.7 Å². The van der Waals surface area contributed by atoms with Crippen LogP contribution in [0, 0.1) is 0 Å². The Hall–Kier alpha value is -3.03. The number of nitrogens with one attached hydrogen (secondary N) is 2. The van der Waals surface area contributed by atoms with Gasteiger partial charge >= 0.3 is 11.5 Å². The maximum absolute atomic E-state index is 14.2. The number of carbonyl (C=O) groups excluding carboxylic acids is 2. The molecule has 2 saturated heterocycles. The zero-order valence-corrected chi connectivity index (χ0v) is 26.2. The van der Waals surface area contributed by atoms with Crippen LogP contribution >= 0.6 is 46.6 Å². The first-order valence-corrected chi connectivity index (χ1v) is 15.6. The molecule has 44 heavy (non-hydrogen) atoms. The van der Waals surface area contributed by atoms with Gasteiger partial charge in [-0.25, -0.2) is 4.79 Å². The number of benzene rings is 2. The molecule has 4 heterocycles. The van der Waals surface area contributed by atoms with Crippen LogP contribution in [0.1, 0.15) is 45.1 Å². The molecule has 0 spiro atoms. The van der Waals surface area contributed by atoms with E-state index in [-0.39, 0.29) is 34.5 Å². The number of H-pyrrole nitrogens is 1. The molecule has 9 nitrogen and oxygen atoms in total. The van der Waals surface area contributed by atoms with Crippen LogP contribution in [0.2, 0.25) is 10.0 Å². The molecule has 0 radical (unpaired) electrons. The van der Waals surface area contributed by atoms with Crippen molar-refractivity contribution in [2.75, 3.05) is 38.3 Å². The van der Waals surface area contributed by atoms with E-state index in [1.807, 2.05) is 0 Å². The molecule has 232 valence electrons. The quantitative estimate of drug-likeness (QED) is 0.281. The summed E-state index contributed by atoms with van der Waals surface area (Å²) in [5, 5.41) is -0.186. The van der Waals surface area contributed by atoms with Gasteiger partial charge in [0.15, 0.2) is 0 Å². The zero-order chi connectivity index (χ0) is 31.3. The van der Waals surface area contributed by atoms with Gasteiger partial charge in [0.2, 0.25) is 0 Å². The number of alkyl halides is 3. The molecule has 0 unspecified atom stereocenters. The number of hydrogen-bond donors (Lipinski definition) is 2. The number of cyclic esters (lactones) is 1. The molecule has 3 aromatic rings. The van der Waals surface area contributed by atoms with Crippen molar-refractivity contribution in [3.63, 3.8) is 0 Å². The third kappa shape index (κ3) is 5.74. The Morgan fingerprint density at radius 3 is 2.50 bits per heavy atom. The average molecular weight is 686 g/mol. The molecule has 0 bridgehead atoms. The monoisotopic (exact) mass is 684 g/mol. The van der Waals surface area contributed by atoms with Crippen molar-refractivity contribution in [1.29, 1.82) is 0 Å². The van der Waals surface area contributed by atoms with Gasteiger partial charge < -0.3 is 24.7 Å². The van der Waals surface area contributed by atoms with Crippen molar-refractivity contribution < 1.29 is 27.8 Å². The highest BCUT2D eigenvalue weighted by molar-refractivity contribution is 7.99. The van der Waals surface area contributed by atoms with Crippen LogP contribution in [0.15, 0.2) is 44.9 Å². The minimum atomic E-state index is -3.91. The van der Waals surface area contributed by atoms with Gasteiger partial charge in [-0.05, 0) is 59.0 Å². The van der Waals surface area contributed by atoms with E-state index in [4.69, 9.17) is 44.3 Å². The van der Waals surface area contributed by atoms with E-state index in [0.717, 1.165) is 34.5 Å². The predicted octanol–water partition coefficient (Wildman–Crippen LogP) is 6.32. The van der Waals surface area contributed by atoms with Crippen molar-refractivity contribution in [2.24, 2.45) is 0 Å². The molecule has 6 rings (SSSR count). The van der Waals surface area contributed by atoms with Crippen LogP contribution in [-0.2, 0) is 23.2 Å². The summed E-state index contributed by atoms with van der Waals surface area (Å²) in [7, 11) is 1.47.